The van der Waals surface area contributed by atoms with Crippen LogP contribution in [0.5, 0.6) is 0 Å². The van der Waals surface area contributed by atoms with Crippen molar-refractivity contribution in [1.29, 1.82) is 0 Å². The van der Waals surface area contributed by atoms with Crippen LogP contribution in [0.4, 0.5) is 0 Å². The highest BCUT2D eigenvalue weighted by molar-refractivity contribution is 5.04. The summed E-state index contributed by atoms with van der Waals surface area (Å²) in [6.07, 6.45) is -0.817. The molecule has 0 aliphatic carbocycles. The Hall–Kier alpha value is -1.44. The fourth-order valence-corrected chi connectivity index (χ4v) is 1.54. The number of hydrogen-bond acceptors (Lipinski definition) is 5. The molecule has 1 N–H and O–H groups in total. The van der Waals surface area contributed by atoms with E-state index in [1.807, 2.05) is 0 Å². The highest BCUT2D eigenvalue weighted by Gasteiger charge is 2.17. The predicted octanol–water partition coefficient (Wildman–Crippen LogP) is -1.17. The van der Waals surface area contributed by atoms with Gasteiger partial charge in [-0.1, -0.05) is 0 Å². The molecule has 1 heterocycles. The van der Waals surface area contributed by atoms with E-state index in [9.17, 15) is 9.59 Å². The van der Waals surface area contributed by atoms with Crippen molar-refractivity contribution in [3.8, 4) is 0 Å². The topological polar surface area (TPSA) is 82.7 Å². The fourth-order valence-electron chi connectivity index (χ4n) is 1.54. The maximum Gasteiger partial charge on any atom is 0.331 e. The summed E-state index contributed by atoms with van der Waals surface area (Å²) in [6, 6.07) is 1.26. The molecule has 7 nitrogen and oxygen atoms in total. The number of aliphatic hydroxyl groups excluding tert-OH is 1. The predicted molar refractivity (Wildman–Crippen MR) is 59.8 cm³/mol. The summed E-state index contributed by atoms with van der Waals surface area (Å²) in [5, 5.41) is 8.93. The Morgan fingerprint density at radius 3 is 2.41 bits per heavy atom. The number of methoxy groups -OCH3 is 2. The zero-order chi connectivity index (χ0) is 13.0. The van der Waals surface area contributed by atoms with Crippen LogP contribution in [0.1, 0.15) is 12.0 Å². The lowest BCUT2D eigenvalue weighted by Gasteiger charge is -2.19. The molecule has 0 amide bonds. The van der Waals surface area contributed by atoms with Gasteiger partial charge in [-0.05, 0) is 0 Å². The van der Waals surface area contributed by atoms with Crippen LogP contribution in [0, 0.1) is 0 Å². The zero-order valence-electron chi connectivity index (χ0n) is 10.0. The number of nitrogens with zero attached hydrogens (tertiary/aromatic N) is 2. The molecular weight excluding hydrogens is 228 g/mol. The average molecular weight is 244 g/mol. The van der Waals surface area contributed by atoms with Crippen molar-refractivity contribution >= 4 is 0 Å². The Labute approximate surface area is 97.8 Å². The normalized spacial score (nSPS) is 11.1. The van der Waals surface area contributed by atoms with E-state index in [1.54, 1.807) is 0 Å². The van der Waals surface area contributed by atoms with Crippen LogP contribution in [0.2, 0.25) is 0 Å². The highest BCUT2D eigenvalue weighted by atomic mass is 16.7. The summed E-state index contributed by atoms with van der Waals surface area (Å²) in [7, 11) is 4.18. The molecule has 0 aromatic carbocycles. The molecule has 0 saturated carbocycles. The molecular formula is C10H16N2O5. The Kier molecular flexibility index (Phi) is 4.62. The molecule has 0 spiro atoms. The van der Waals surface area contributed by atoms with Crippen LogP contribution < -0.4 is 11.2 Å². The standard InChI is InChI=1S/C10H16N2O5/c1-11-8(14)6-7(9(16-2)17-3)12(4-5-13)10(11)15/h6,9,13H,4-5H2,1-3H3. The van der Waals surface area contributed by atoms with E-state index in [-0.39, 0.29) is 18.8 Å². The van der Waals surface area contributed by atoms with Gasteiger partial charge in [0.2, 0.25) is 0 Å². The first-order valence-electron chi connectivity index (χ1n) is 5.04. The quantitative estimate of drug-likeness (QED) is 0.660. The van der Waals surface area contributed by atoms with Gasteiger partial charge in [0.15, 0.2) is 6.29 Å². The first kappa shape index (κ1) is 13.6. The van der Waals surface area contributed by atoms with Gasteiger partial charge in [-0.25, -0.2) is 4.79 Å². The minimum absolute atomic E-state index is 0.0749. The maximum atomic E-state index is 11.8. The number of aromatic nitrogens is 2. The largest absolute Gasteiger partial charge is 0.395 e. The Morgan fingerprint density at radius 2 is 1.94 bits per heavy atom. The fraction of sp³-hybridized carbons (Fsp3) is 0.600. The number of hydrogen-bond donors (Lipinski definition) is 1. The lowest BCUT2D eigenvalue weighted by atomic mass is 10.3. The Bertz CT molecular complexity index is 486. The molecule has 0 bridgehead atoms. The molecule has 0 unspecified atom stereocenters. The van der Waals surface area contributed by atoms with Crippen molar-refractivity contribution in [2.24, 2.45) is 7.05 Å². The highest BCUT2D eigenvalue weighted by Crippen LogP contribution is 2.13. The van der Waals surface area contributed by atoms with Gasteiger partial charge in [0.05, 0.1) is 18.8 Å². The van der Waals surface area contributed by atoms with Crippen LogP contribution in [0.15, 0.2) is 15.7 Å². The van der Waals surface area contributed by atoms with E-state index in [2.05, 4.69) is 0 Å². The van der Waals surface area contributed by atoms with E-state index in [1.165, 1.54) is 31.9 Å². The van der Waals surface area contributed by atoms with Crippen LogP contribution in [0.25, 0.3) is 0 Å². The van der Waals surface area contributed by atoms with Crippen molar-refractivity contribution in [2.75, 3.05) is 20.8 Å². The summed E-state index contributed by atoms with van der Waals surface area (Å²) in [5.74, 6) is 0. The molecule has 0 saturated heterocycles. The minimum atomic E-state index is -0.817. The molecule has 1 aromatic heterocycles. The van der Waals surface area contributed by atoms with Gasteiger partial charge in [-0.3, -0.25) is 13.9 Å². The van der Waals surface area contributed by atoms with Gasteiger partial charge >= 0.3 is 5.69 Å². The third-order valence-corrected chi connectivity index (χ3v) is 2.42. The molecule has 7 heteroatoms. The summed E-state index contributed by atoms with van der Waals surface area (Å²) >= 11 is 0. The van der Waals surface area contributed by atoms with Crippen molar-refractivity contribution in [1.82, 2.24) is 9.13 Å². The summed E-state index contributed by atoms with van der Waals surface area (Å²) < 4.78 is 12.2. The van der Waals surface area contributed by atoms with Gasteiger partial charge in [0.25, 0.3) is 5.56 Å². The van der Waals surface area contributed by atoms with E-state index >= 15 is 0 Å². The van der Waals surface area contributed by atoms with Crippen molar-refractivity contribution in [3.05, 3.63) is 32.6 Å². The smallest absolute Gasteiger partial charge is 0.331 e. The summed E-state index contributed by atoms with van der Waals surface area (Å²) in [5.41, 5.74) is -0.670. The molecule has 0 aliphatic rings. The van der Waals surface area contributed by atoms with E-state index < -0.39 is 17.5 Å². The number of ether oxygens (including phenoxy) is 2. The molecule has 17 heavy (non-hydrogen) atoms. The van der Waals surface area contributed by atoms with E-state index in [0.29, 0.717) is 0 Å². The van der Waals surface area contributed by atoms with E-state index in [4.69, 9.17) is 14.6 Å². The molecule has 0 radical (unpaired) electrons. The van der Waals surface area contributed by atoms with Crippen molar-refractivity contribution < 1.29 is 14.6 Å². The van der Waals surface area contributed by atoms with E-state index in [0.717, 1.165) is 4.57 Å². The van der Waals surface area contributed by atoms with Crippen molar-refractivity contribution in [3.63, 3.8) is 0 Å². The van der Waals surface area contributed by atoms with Gasteiger partial charge in [0.1, 0.15) is 0 Å². The average Bonchev–Trinajstić information content (AvgIpc) is 2.32. The number of aliphatic hydroxyl groups is 1. The third kappa shape index (κ3) is 2.63. The SMILES string of the molecule is COC(OC)c1cc(=O)n(C)c(=O)n1CCO. The number of rotatable bonds is 5. The van der Waals surface area contributed by atoms with Gasteiger partial charge in [-0.2, -0.15) is 0 Å². The first-order chi connectivity index (χ1) is 8.06. The minimum Gasteiger partial charge on any atom is -0.395 e. The summed E-state index contributed by atoms with van der Waals surface area (Å²) in [4.78, 5) is 23.4. The zero-order valence-corrected chi connectivity index (χ0v) is 10.0. The molecule has 0 fully saturated rings. The van der Waals surface area contributed by atoms with Crippen LogP contribution >= 0.6 is 0 Å². The second-order valence-corrected chi connectivity index (χ2v) is 3.43. The lowest BCUT2D eigenvalue weighted by molar-refractivity contribution is -0.111. The van der Waals surface area contributed by atoms with Crippen LogP contribution in [-0.4, -0.2) is 35.1 Å². The van der Waals surface area contributed by atoms with Crippen LogP contribution in [-0.2, 0) is 23.1 Å². The lowest BCUT2D eigenvalue weighted by Crippen LogP contribution is -2.40. The Balaban J connectivity index is 3.47. The Morgan fingerprint density at radius 1 is 1.35 bits per heavy atom. The van der Waals surface area contributed by atoms with Crippen molar-refractivity contribution in [2.45, 2.75) is 12.8 Å². The molecule has 1 rings (SSSR count). The monoisotopic (exact) mass is 244 g/mol. The van der Waals surface area contributed by atoms with Gasteiger partial charge in [0, 0.05) is 27.3 Å². The first-order valence-corrected chi connectivity index (χ1v) is 5.04. The van der Waals surface area contributed by atoms with Gasteiger partial charge in [-0.15, -0.1) is 0 Å². The molecule has 0 aliphatic heterocycles. The third-order valence-electron chi connectivity index (χ3n) is 2.42. The second-order valence-electron chi connectivity index (χ2n) is 3.43. The molecule has 1 aromatic rings. The molecule has 96 valence electrons. The van der Waals surface area contributed by atoms with Crippen LogP contribution in [0.3, 0.4) is 0 Å². The van der Waals surface area contributed by atoms with Gasteiger partial charge < -0.3 is 14.6 Å². The second kappa shape index (κ2) is 5.76. The maximum absolute atomic E-state index is 11.8. The summed E-state index contributed by atoms with van der Waals surface area (Å²) in [6.45, 7) is -0.142. The molecule has 0 atom stereocenters.